The number of nitro groups is 2. The third-order valence-corrected chi connectivity index (χ3v) is 32.2. The normalized spacial score (nSPS) is 13.0. The Bertz CT molecular complexity index is 7720. The summed E-state index contributed by atoms with van der Waals surface area (Å²) in [5.74, 6) is 0. The molecule has 123 heavy (non-hydrogen) atoms. The first-order chi connectivity index (χ1) is 60.0. The quantitative estimate of drug-likeness (QED) is 0.0681. The number of para-hydroxylation sites is 2. The number of fused-ring (bicyclic) bond motifs is 25. The SMILES string of the molecule is Brc1cc2ccccc2c2c1sc1ccccc12.CC1(C)OB(c2cc3ccccc3c3c2sc2ccccc23)OC1(C)C.O=[N+]([O-])c1ccccc1-c1cc2ccccc2c2c1sc1ccccc12.O=[N+]([O-])c1ccccc1Br.c1ccc(P(c2ccccc2)c2ccccc2)cc1.c1ccc2c(c1)Cc1c-2c2sc3ccccc3c2c2ccccc12. The van der Waals surface area contributed by atoms with E-state index in [0.717, 1.165) is 27.5 Å². The van der Waals surface area contributed by atoms with Crippen LogP contribution in [0.25, 0.3) is 146 Å². The van der Waals surface area contributed by atoms with Gasteiger partial charge in [0.1, 0.15) is 0 Å². The van der Waals surface area contributed by atoms with E-state index in [0.29, 0.717) is 10.0 Å². The molecule has 0 spiro atoms. The minimum absolute atomic E-state index is 0.0995. The van der Waals surface area contributed by atoms with E-state index in [9.17, 15) is 20.2 Å². The molecule has 0 saturated carbocycles. The molecule has 0 N–H and O–H groups in total. The van der Waals surface area contributed by atoms with E-state index in [1.54, 1.807) is 41.7 Å². The van der Waals surface area contributed by atoms with Crippen LogP contribution >= 0.6 is 85.1 Å². The molecule has 1 aliphatic heterocycles. The number of thiophene rings is 4. The average molecular weight is 1820 g/mol. The van der Waals surface area contributed by atoms with Crippen molar-refractivity contribution in [3.05, 3.63) is 416 Å². The van der Waals surface area contributed by atoms with Gasteiger partial charge in [0.2, 0.25) is 0 Å². The largest absolute Gasteiger partial charge is 0.496 e. The monoisotopic (exact) mass is 1810 g/mol. The summed E-state index contributed by atoms with van der Waals surface area (Å²) < 4.78 is 24.9. The molecule has 0 bridgehead atoms. The Morgan fingerprint density at radius 3 is 1.16 bits per heavy atom. The van der Waals surface area contributed by atoms with Crippen LogP contribution in [0.1, 0.15) is 38.8 Å². The minimum Gasteiger partial charge on any atom is -0.399 e. The van der Waals surface area contributed by atoms with Gasteiger partial charge in [0, 0.05) is 109 Å². The Kier molecular flexibility index (Phi) is 22.6. The molecule has 5 heterocycles. The van der Waals surface area contributed by atoms with Crippen molar-refractivity contribution in [2.24, 2.45) is 0 Å². The molecule has 4 aromatic heterocycles. The standard InChI is InChI=1S/C23H14S.C22H21BO2S.C22H13NO2S.C18H15P.C16H9BrS.C6H4BrNO2/c1-2-8-15-14(7-1)13-19-16-9-3-4-10-17(16)22-18-11-5-6-12-20(18)24-23(22)21(15)19;1-21(2)22(3,4)25-23(24-21)17-13-14-9-5-6-10-15(14)19-16-11-7-8-12-18(16)26-20(17)19;24-23(25)19-11-5-3-9-16(19)18-13-14-7-1-2-8-15(14)21-17-10-4-6-12-20(17)26-22(18)21;1-4-10-16(11-5-1)19(17-12-6-2-7-13-17)18-14-8-3-9-15-18;17-13-9-10-5-1-2-6-11(10)15-12-7-3-4-8-14(12)18-16(13)15;7-5-3-1-2-4-6(5)8(9)10/h1-12H,13H2;5-13H,1-4H3;1-13H;1-15H;1-9H;1-4H. The Morgan fingerprint density at radius 1 is 0.325 bits per heavy atom. The second-order valence-corrected chi connectivity index (χ2v) is 39.4. The molecule has 1 aliphatic carbocycles. The number of halogens is 2. The van der Waals surface area contributed by atoms with Crippen LogP contribution in [0.2, 0.25) is 0 Å². The van der Waals surface area contributed by atoms with Crippen molar-refractivity contribution >= 4 is 249 Å². The Labute approximate surface area is 745 Å². The van der Waals surface area contributed by atoms with E-state index in [1.165, 1.54) is 162 Å². The lowest BCUT2D eigenvalue weighted by molar-refractivity contribution is -0.385. The summed E-state index contributed by atoms with van der Waals surface area (Å²) >= 11 is 14.1. The lowest BCUT2D eigenvalue weighted by Gasteiger charge is -2.32. The molecule has 0 amide bonds. The van der Waals surface area contributed by atoms with Gasteiger partial charge in [-0.3, -0.25) is 20.2 Å². The highest BCUT2D eigenvalue weighted by atomic mass is 79.9. The maximum absolute atomic E-state index is 11.6. The van der Waals surface area contributed by atoms with Crippen LogP contribution in [0.5, 0.6) is 0 Å². The molecule has 2 aliphatic rings. The fourth-order valence-corrected chi connectivity index (χ4v) is 25.3. The third-order valence-electron chi connectivity index (χ3n) is 23.4. The fraction of sp³-hybridized carbons (Fsp3) is 0.0654. The first-order valence-corrected chi connectivity index (χ1v) is 46.7. The molecular formula is C107H76BBr2N2O6PS4. The fourth-order valence-electron chi connectivity index (χ4n) is 17.0. The molecule has 1 saturated heterocycles. The topological polar surface area (TPSA) is 105 Å². The van der Waals surface area contributed by atoms with Crippen molar-refractivity contribution in [3.63, 3.8) is 0 Å². The van der Waals surface area contributed by atoms with E-state index < -0.39 is 12.8 Å². The summed E-state index contributed by atoms with van der Waals surface area (Å²) in [6, 6.07) is 130. The maximum Gasteiger partial charge on any atom is 0.496 e. The van der Waals surface area contributed by atoms with Crippen molar-refractivity contribution in [2.75, 3.05) is 0 Å². The summed E-state index contributed by atoms with van der Waals surface area (Å²) in [6.45, 7) is 8.43. The Morgan fingerprint density at radius 2 is 0.675 bits per heavy atom. The zero-order valence-electron chi connectivity index (χ0n) is 67.3. The van der Waals surface area contributed by atoms with Gasteiger partial charge in [0.15, 0.2) is 0 Å². The zero-order valence-corrected chi connectivity index (χ0v) is 74.6. The first kappa shape index (κ1) is 80.8. The van der Waals surface area contributed by atoms with Crippen LogP contribution in [0, 0.1) is 20.2 Å². The summed E-state index contributed by atoms with van der Waals surface area (Å²) in [5, 5.41) is 46.8. The highest BCUT2D eigenvalue weighted by Crippen LogP contribution is 2.52. The van der Waals surface area contributed by atoms with E-state index >= 15 is 0 Å². The van der Waals surface area contributed by atoms with Gasteiger partial charge in [-0.05, 0) is 198 Å². The zero-order chi connectivity index (χ0) is 84.0. The second kappa shape index (κ2) is 34.4. The van der Waals surface area contributed by atoms with Gasteiger partial charge in [0.25, 0.3) is 11.4 Å². The van der Waals surface area contributed by atoms with Crippen LogP contribution in [0.15, 0.2) is 385 Å². The van der Waals surface area contributed by atoms with E-state index in [1.807, 2.05) is 70.4 Å². The van der Waals surface area contributed by atoms with Crippen LogP contribution in [0.3, 0.4) is 0 Å². The van der Waals surface area contributed by atoms with Gasteiger partial charge < -0.3 is 9.31 Å². The molecule has 596 valence electrons. The third kappa shape index (κ3) is 15.5. The number of rotatable bonds is 7. The molecule has 8 nitrogen and oxygen atoms in total. The predicted molar refractivity (Wildman–Crippen MR) is 537 cm³/mol. The van der Waals surface area contributed by atoms with Crippen molar-refractivity contribution < 1.29 is 19.2 Å². The average Bonchev–Trinajstić information content (AvgIpc) is 1.53. The minimum atomic E-state index is -0.446. The van der Waals surface area contributed by atoms with E-state index in [4.69, 9.17) is 9.31 Å². The number of benzene rings is 18. The van der Waals surface area contributed by atoms with Gasteiger partial charge in [-0.2, -0.15) is 0 Å². The predicted octanol–water partition coefficient (Wildman–Crippen LogP) is 30.8. The molecule has 24 rings (SSSR count). The maximum atomic E-state index is 11.6. The van der Waals surface area contributed by atoms with Gasteiger partial charge in [-0.1, -0.05) is 315 Å². The van der Waals surface area contributed by atoms with Crippen molar-refractivity contribution in [1.82, 2.24) is 0 Å². The molecule has 18 aromatic carbocycles. The molecule has 0 atom stereocenters. The lowest BCUT2D eigenvalue weighted by Crippen LogP contribution is -2.41. The molecule has 0 unspecified atom stereocenters. The van der Waals surface area contributed by atoms with Crippen LogP contribution in [-0.2, 0) is 15.7 Å². The molecular weight excluding hydrogens is 1740 g/mol. The summed E-state index contributed by atoms with van der Waals surface area (Å²) in [7, 11) is -0.793. The summed E-state index contributed by atoms with van der Waals surface area (Å²) in [4.78, 5) is 21.0. The Balaban J connectivity index is 0.0000000988. The highest BCUT2D eigenvalue weighted by molar-refractivity contribution is 9.11. The number of hydrogen-bond donors (Lipinski definition) is 0. The van der Waals surface area contributed by atoms with Crippen LogP contribution in [0.4, 0.5) is 11.4 Å². The van der Waals surface area contributed by atoms with Crippen LogP contribution < -0.4 is 21.4 Å². The van der Waals surface area contributed by atoms with E-state index in [2.05, 4.69) is 363 Å². The van der Waals surface area contributed by atoms with Gasteiger partial charge in [0.05, 0.1) is 35.8 Å². The van der Waals surface area contributed by atoms with Gasteiger partial charge >= 0.3 is 7.12 Å². The van der Waals surface area contributed by atoms with E-state index in [-0.39, 0.29) is 34.6 Å². The molecule has 16 heteroatoms. The van der Waals surface area contributed by atoms with Gasteiger partial charge in [-0.15, -0.1) is 45.3 Å². The summed E-state index contributed by atoms with van der Waals surface area (Å²) in [5.41, 5.74) is 8.15. The van der Waals surface area contributed by atoms with Gasteiger partial charge in [-0.25, -0.2) is 0 Å². The lowest BCUT2D eigenvalue weighted by atomic mass is 9.77. The Hall–Kier alpha value is -11.9. The second-order valence-electron chi connectivity index (χ2n) is 31.3. The smallest absolute Gasteiger partial charge is 0.399 e. The first-order valence-electron chi connectivity index (χ1n) is 40.5. The number of hydrogen-bond acceptors (Lipinski definition) is 10. The van der Waals surface area contributed by atoms with Crippen molar-refractivity contribution in [2.45, 2.75) is 45.3 Å². The highest BCUT2D eigenvalue weighted by Gasteiger charge is 2.52. The molecule has 22 aromatic rings. The summed E-state index contributed by atoms with van der Waals surface area (Å²) in [6.07, 6.45) is 1.05. The number of nitro benzene ring substituents is 2. The number of nitrogens with zero attached hydrogens (tertiary/aromatic N) is 2. The van der Waals surface area contributed by atoms with Crippen LogP contribution in [-0.4, -0.2) is 28.2 Å². The van der Waals surface area contributed by atoms with Crippen molar-refractivity contribution in [1.29, 1.82) is 0 Å². The molecule has 1 fully saturated rings. The molecule has 0 radical (unpaired) electrons. The van der Waals surface area contributed by atoms with Crippen molar-refractivity contribution in [3.8, 4) is 22.3 Å².